The van der Waals surface area contributed by atoms with Gasteiger partial charge in [0.15, 0.2) is 0 Å². The van der Waals surface area contributed by atoms with Gasteiger partial charge in [-0.05, 0) is 6.42 Å². The maximum atomic E-state index is 10.5. The van der Waals surface area contributed by atoms with Gasteiger partial charge in [-0.15, -0.1) is 0 Å². The lowest BCUT2D eigenvalue weighted by molar-refractivity contribution is -0.150. The van der Waals surface area contributed by atoms with Gasteiger partial charge >= 0.3 is 26.6 Å². The molecule has 0 aliphatic rings. The van der Waals surface area contributed by atoms with Crippen LogP contribution in [0.5, 0.6) is 0 Å². The number of carboxylic acid groups (broad SMARTS) is 3. The molecule has 2 atom stereocenters. The number of carboxylic acids is 3. The molecule has 0 rings (SSSR count). The smallest absolute Gasteiger partial charge is 0.324 e. The van der Waals surface area contributed by atoms with Crippen molar-refractivity contribution in [2.75, 3.05) is 0 Å². The van der Waals surface area contributed by atoms with Crippen molar-refractivity contribution < 1.29 is 39.2 Å². The highest BCUT2D eigenvalue weighted by Crippen LogP contribution is 2.11. The summed E-state index contributed by atoms with van der Waals surface area (Å²) in [6, 6.07) is -1.58. The van der Waals surface area contributed by atoms with Crippen molar-refractivity contribution in [1.29, 1.82) is 0 Å². The van der Waals surface area contributed by atoms with E-state index in [4.69, 9.17) is 30.5 Å². The Balaban J connectivity index is 0. The van der Waals surface area contributed by atoms with E-state index in [-0.39, 0.29) is 6.42 Å². The molecule has 0 aromatic heterocycles. The highest BCUT2D eigenvalue weighted by molar-refractivity contribution is 7.16. The first kappa shape index (κ1) is 17.8. The Labute approximate surface area is 97.1 Å². The van der Waals surface area contributed by atoms with Gasteiger partial charge < -0.3 is 25.9 Å². The molecule has 0 aliphatic carbocycles. The number of aliphatic carboxylic acids is 3. The van der Waals surface area contributed by atoms with E-state index >= 15 is 0 Å². The Morgan fingerprint density at radius 3 is 1.76 bits per heavy atom. The Kier molecular flexibility index (Phi) is 10.1. The Bertz CT molecular complexity index is 294. The molecule has 6 N–H and O–H groups in total. The van der Waals surface area contributed by atoms with E-state index in [0.717, 1.165) is 0 Å². The van der Waals surface area contributed by atoms with Crippen LogP contribution in [0, 0.1) is 5.92 Å². The Morgan fingerprint density at radius 2 is 1.53 bits per heavy atom. The second-order valence-electron chi connectivity index (χ2n) is 2.82. The Morgan fingerprint density at radius 1 is 1.12 bits per heavy atom. The van der Waals surface area contributed by atoms with Gasteiger partial charge in [-0.3, -0.25) is 14.4 Å². The van der Waals surface area contributed by atoms with Gasteiger partial charge in [0.2, 0.25) is 0 Å². The topological polar surface area (TPSA) is 175 Å². The summed E-state index contributed by atoms with van der Waals surface area (Å²) in [6.07, 6.45) is -0.712. The van der Waals surface area contributed by atoms with Gasteiger partial charge in [0.25, 0.3) is 0 Å². The molecular formula is C7H12NO8P. The van der Waals surface area contributed by atoms with Gasteiger partial charge in [0.05, 0.1) is 5.92 Å². The monoisotopic (exact) mass is 269 g/mol. The largest absolute Gasteiger partial charge is 0.481 e. The first-order valence-electron chi connectivity index (χ1n) is 4.17. The van der Waals surface area contributed by atoms with Gasteiger partial charge in [-0.2, -0.15) is 0 Å². The molecule has 0 amide bonds. The van der Waals surface area contributed by atoms with Crippen LogP contribution in [-0.2, 0) is 18.9 Å². The van der Waals surface area contributed by atoms with E-state index < -0.39 is 45.0 Å². The standard InChI is InChI=1S/C7H11NO6.HO2P/c8-5(7(13)14)3(6(11)12)1-2-4(9)10;1-3-2/h3,5H,1-2,8H2,(H,9,10)(H,11,12)(H,13,14);(H,1,2). The number of carbonyl (C=O) groups is 3. The van der Waals surface area contributed by atoms with Crippen molar-refractivity contribution in [3.63, 3.8) is 0 Å². The minimum absolute atomic E-state index is 0.294. The summed E-state index contributed by atoms with van der Waals surface area (Å²) in [6.45, 7) is 0. The summed E-state index contributed by atoms with van der Waals surface area (Å²) < 4.78 is 8.46. The maximum absolute atomic E-state index is 10.5. The summed E-state index contributed by atoms with van der Waals surface area (Å²) in [7, 11) is -0.833. The second kappa shape index (κ2) is 9.64. The first-order valence-corrected chi connectivity index (χ1v) is 4.94. The third kappa shape index (κ3) is 9.36. The zero-order chi connectivity index (χ0) is 14.0. The average Bonchev–Trinajstić information content (AvgIpc) is 2.17. The summed E-state index contributed by atoms with van der Waals surface area (Å²) in [5.74, 6) is -5.42. The predicted molar refractivity (Wildman–Crippen MR) is 53.4 cm³/mol. The van der Waals surface area contributed by atoms with Crippen LogP contribution in [0.1, 0.15) is 12.8 Å². The summed E-state index contributed by atoms with van der Waals surface area (Å²) in [5.41, 5.74) is 5.07. The van der Waals surface area contributed by atoms with Crippen LogP contribution in [-0.4, -0.2) is 44.2 Å². The van der Waals surface area contributed by atoms with E-state index in [9.17, 15) is 14.4 Å². The van der Waals surface area contributed by atoms with Crippen LogP contribution >= 0.6 is 8.69 Å². The number of rotatable bonds is 6. The van der Waals surface area contributed by atoms with Crippen molar-refractivity contribution in [3.8, 4) is 0 Å². The third-order valence-electron chi connectivity index (χ3n) is 1.71. The van der Waals surface area contributed by atoms with E-state index in [0.29, 0.717) is 0 Å². The van der Waals surface area contributed by atoms with Crippen molar-refractivity contribution in [2.24, 2.45) is 11.7 Å². The summed E-state index contributed by atoms with van der Waals surface area (Å²) in [4.78, 5) is 38.0. The van der Waals surface area contributed by atoms with Crippen LogP contribution in [0.2, 0.25) is 0 Å². The lowest BCUT2D eigenvalue weighted by atomic mass is 9.95. The van der Waals surface area contributed by atoms with Crippen LogP contribution in [0.3, 0.4) is 0 Å². The van der Waals surface area contributed by atoms with Crippen LogP contribution < -0.4 is 5.73 Å². The Hall–Kier alpha value is -1.57. The average molecular weight is 269 g/mol. The highest BCUT2D eigenvalue weighted by Gasteiger charge is 2.30. The van der Waals surface area contributed by atoms with Crippen LogP contribution in [0.4, 0.5) is 0 Å². The minimum atomic E-state index is -1.58. The fourth-order valence-electron chi connectivity index (χ4n) is 0.908. The molecule has 10 heteroatoms. The maximum Gasteiger partial charge on any atom is 0.324 e. The minimum Gasteiger partial charge on any atom is -0.481 e. The molecule has 0 radical (unpaired) electrons. The van der Waals surface area contributed by atoms with Crippen molar-refractivity contribution in [3.05, 3.63) is 0 Å². The highest BCUT2D eigenvalue weighted by atomic mass is 31.1. The van der Waals surface area contributed by atoms with Crippen molar-refractivity contribution in [2.45, 2.75) is 18.9 Å². The van der Waals surface area contributed by atoms with E-state index in [1.807, 2.05) is 0 Å². The lowest BCUT2D eigenvalue weighted by Gasteiger charge is -2.14. The van der Waals surface area contributed by atoms with E-state index in [1.165, 1.54) is 0 Å². The normalized spacial score (nSPS) is 13.1. The molecule has 17 heavy (non-hydrogen) atoms. The number of hydrogen-bond acceptors (Lipinski definition) is 5. The molecule has 98 valence electrons. The zero-order valence-corrected chi connectivity index (χ0v) is 9.41. The molecule has 0 bridgehead atoms. The lowest BCUT2D eigenvalue weighted by Crippen LogP contribution is -2.42. The fraction of sp³-hybridized carbons (Fsp3) is 0.571. The van der Waals surface area contributed by atoms with Gasteiger partial charge in [0, 0.05) is 6.42 Å². The molecular weight excluding hydrogens is 257 g/mol. The quantitative estimate of drug-likeness (QED) is 0.384. The second-order valence-corrected chi connectivity index (χ2v) is 2.99. The molecule has 0 spiro atoms. The van der Waals surface area contributed by atoms with Crippen LogP contribution in [0.15, 0.2) is 0 Å². The molecule has 0 heterocycles. The molecule has 9 nitrogen and oxygen atoms in total. The van der Waals surface area contributed by atoms with Gasteiger partial charge in [-0.25, -0.2) is 4.57 Å². The third-order valence-corrected chi connectivity index (χ3v) is 1.71. The predicted octanol–water partition coefficient (Wildman–Crippen LogP) is -0.851. The van der Waals surface area contributed by atoms with Gasteiger partial charge in [-0.1, -0.05) is 0 Å². The number of nitrogens with two attached hydrogens (primary N) is 1. The van der Waals surface area contributed by atoms with Crippen molar-refractivity contribution >= 4 is 26.6 Å². The summed E-state index contributed by atoms with van der Waals surface area (Å²) in [5, 5.41) is 25.3. The van der Waals surface area contributed by atoms with E-state index in [1.54, 1.807) is 0 Å². The zero-order valence-electron chi connectivity index (χ0n) is 8.52. The van der Waals surface area contributed by atoms with E-state index in [2.05, 4.69) is 0 Å². The molecule has 2 unspecified atom stereocenters. The summed E-state index contributed by atoms with van der Waals surface area (Å²) >= 11 is 0. The van der Waals surface area contributed by atoms with Crippen molar-refractivity contribution in [1.82, 2.24) is 0 Å². The molecule has 0 fully saturated rings. The fourth-order valence-corrected chi connectivity index (χ4v) is 0.908. The molecule has 0 aromatic rings. The molecule has 0 saturated heterocycles. The van der Waals surface area contributed by atoms with Gasteiger partial charge in [0.1, 0.15) is 6.04 Å². The molecule has 0 aromatic carbocycles. The molecule has 0 saturated carbocycles. The van der Waals surface area contributed by atoms with Crippen LogP contribution in [0.25, 0.3) is 0 Å². The molecule has 0 aliphatic heterocycles. The number of hydrogen-bond donors (Lipinski definition) is 5. The SMILES string of the molecule is NC(C(=O)O)C(CCC(=O)O)C(=O)O.O=PO. The first-order chi connectivity index (χ1) is 7.77.